The van der Waals surface area contributed by atoms with Gasteiger partial charge in [0.2, 0.25) is 5.91 Å². The van der Waals surface area contributed by atoms with E-state index in [4.69, 9.17) is 14.6 Å². The quantitative estimate of drug-likeness (QED) is 0.659. The Morgan fingerprint density at radius 3 is 2.47 bits per heavy atom. The molecular formula is C23H26N6O3. The first-order valence-electron chi connectivity index (χ1n) is 10.8. The van der Waals surface area contributed by atoms with Crippen LogP contribution in [0.3, 0.4) is 0 Å². The zero-order valence-corrected chi connectivity index (χ0v) is 18.5. The Labute approximate surface area is 186 Å². The molecule has 0 spiro atoms. The number of aryl methyl sites for hydroxylation is 1. The van der Waals surface area contributed by atoms with Gasteiger partial charge in [-0.1, -0.05) is 0 Å². The zero-order chi connectivity index (χ0) is 22.2. The van der Waals surface area contributed by atoms with Crippen molar-refractivity contribution in [3.05, 3.63) is 47.2 Å². The predicted octanol–water partition coefficient (Wildman–Crippen LogP) is 3.06. The van der Waals surface area contributed by atoms with E-state index in [-0.39, 0.29) is 11.8 Å². The molecule has 9 nitrogen and oxygen atoms in total. The van der Waals surface area contributed by atoms with Crippen LogP contribution in [-0.4, -0.2) is 53.2 Å². The number of aromatic nitrogens is 4. The Balaban J connectivity index is 1.57. The first-order chi connectivity index (χ1) is 15.6. The molecule has 4 heterocycles. The molecule has 2 aromatic heterocycles. The lowest BCUT2D eigenvalue weighted by Crippen LogP contribution is -2.25. The van der Waals surface area contributed by atoms with Crippen molar-refractivity contribution in [2.75, 3.05) is 37.5 Å². The van der Waals surface area contributed by atoms with Crippen LogP contribution >= 0.6 is 0 Å². The van der Waals surface area contributed by atoms with Crippen LogP contribution in [0.15, 0.2) is 30.3 Å². The summed E-state index contributed by atoms with van der Waals surface area (Å²) >= 11 is 0. The zero-order valence-electron chi connectivity index (χ0n) is 18.5. The van der Waals surface area contributed by atoms with Gasteiger partial charge in [-0.2, -0.15) is 9.78 Å². The average Bonchev–Trinajstić information content (AvgIpc) is 3.47. The fourth-order valence-corrected chi connectivity index (χ4v) is 4.64. The van der Waals surface area contributed by atoms with Crippen LogP contribution < -0.4 is 19.7 Å². The Morgan fingerprint density at radius 2 is 1.78 bits per heavy atom. The highest BCUT2D eigenvalue weighted by Gasteiger charge is 2.34. The number of hydrogen-bond donors (Lipinski definition) is 1. The van der Waals surface area contributed by atoms with Crippen molar-refractivity contribution in [1.82, 2.24) is 20.0 Å². The average molecular weight is 435 g/mol. The minimum Gasteiger partial charge on any atom is -0.497 e. The van der Waals surface area contributed by atoms with Crippen LogP contribution in [0.2, 0.25) is 0 Å². The monoisotopic (exact) mass is 434 g/mol. The minimum absolute atomic E-state index is 0.0878. The summed E-state index contributed by atoms with van der Waals surface area (Å²) in [7, 11) is 3.25. The van der Waals surface area contributed by atoms with Crippen molar-refractivity contribution in [3.8, 4) is 17.3 Å². The third-order valence-electron chi connectivity index (χ3n) is 6.20. The van der Waals surface area contributed by atoms with E-state index in [0.29, 0.717) is 29.6 Å². The van der Waals surface area contributed by atoms with Gasteiger partial charge in [0.15, 0.2) is 11.6 Å². The number of anilines is 2. The van der Waals surface area contributed by atoms with Gasteiger partial charge in [0.25, 0.3) is 0 Å². The topological polar surface area (TPSA) is 94.4 Å². The molecule has 0 bridgehead atoms. The lowest BCUT2D eigenvalue weighted by atomic mass is 9.85. The highest BCUT2D eigenvalue weighted by molar-refractivity contribution is 5.95. The first kappa shape index (κ1) is 20.3. The SMILES string of the molecule is COc1ccc(OC)c([C@H]2CC(=O)Nc3c2c(C)nn3-c2ccc(N3CCCC3)nn2)c1. The van der Waals surface area contributed by atoms with Crippen LogP contribution in [0.25, 0.3) is 5.82 Å². The summed E-state index contributed by atoms with van der Waals surface area (Å²) in [5.74, 6) is 3.17. The van der Waals surface area contributed by atoms with Crippen LogP contribution in [0, 0.1) is 6.92 Å². The molecule has 1 aromatic carbocycles. The van der Waals surface area contributed by atoms with Crippen LogP contribution in [-0.2, 0) is 4.79 Å². The van der Waals surface area contributed by atoms with Gasteiger partial charge in [-0.05, 0) is 50.1 Å². The molecule has 2 aliphatic rings. The number of carbonyl (C=O) groups is 1. The van der Waals surface area contributed by atoms with Crippen molar-refractivity contribution in [1.29, 1.82) is 0 Å². The molecular weight excluding hydrogens is 408 g/mol. The van der Waals surface area contributed by atoms with Crippen LogP contribution in [0.5, 0.6) is 11.5 Å². The number of fused-ring (bicyclic) bond motifs is 1. The van der Waals surface area contributed by atoms with Gasteiger partial charge in [0.1, 0.15) is 17.3 Å². The van der Waals surface area contributed by atoms with Crippen molar-refractivity contribution >= 4 is 17.5 Å². The van der Waals surface area contributed by atoms with E-state index in [9.17, 15) is 4.79 Å². The molecule has 5 rings (SSSR count). The summed E-state index contributed by atoms with van der Waals surface area (Å²) in [6.45, 7) is 3.95. The van der Waals surface area contributed by atoms with Gasteiger partial charge in [-0.3, -0.25) is 4.79 Å². The lowest BCUT2D eigenvalue weighted by Gasteiger charge is -2.26. The summed E-state index contributed by atoms with van der Waals surface area (Å²) < 4.78 is 12.7. The predicted molar refractivity (Wildman–Crippen MR) is 120 cm³/mol. The molecule has 1 saturated heterocycles. The summed E-state index contributed by atoms with van der Waals surface area (Å²) in [6, 6.07) is 9.50. The van der Waals surface area contributed by atoms with Crippen LogP contribution in [0.4, 0.5) is 11.6 Å². The lowest BCUT2D eigenvalue weighted by molar-refractivity contribution is -0.116. The Kier molecular flexibility index (Phi) is 5.16. The molecule has 32 heavy (non-hydrogen) atoms. The number of benzene rings is 1. The highest BCUT2D eigenvalue weighted by Crippen LogP contribution is 2.44. The molecule has 0 saturated carbocycles. The molecule has 2 aliphatic heterocycles. The third kappa shape index (κ3) is 3.43. The number of ether oxygens (including phenoxy) is 2. The molecule has 0 unspecified atom stereocenters. The van der Waals surface area contributed by atoms with Gasteiger partial charge in [0.05, 0.1) is 19.9 Å². The fraction of sp³-hybridized carbons (Fsp3) is 0.391. The number of methoxy groups -OCH3 is 2. The third-order valence-corrected chi connectivity index (χ3v) is 6.20. The highest BCUT2D eigenvalue weighted by atomic mass is 16.5. The normalized spacial score (nSPS) is 17.8. The molecule has 3 aromatic rings. The summed E-state index contributed by atoms with van der Waals surface area (Å²) in [4.78, 5) is 14.9. The van der Waals surface area contributed by atoms with Crippen molar-refractivity contribution in [3.63, 3.8) is 0 Å². The standard InChI is InChI=1S/C23H26N6O3/c1-14-22-17(16-12-15(31-2)6-7-18(16)32-3)13-21(30)24-23(22)29(27-14)20-9-8-19(25-26-20)28-10-4-5-11-28/h6-9,12,17H,4-5,10-11,13H2,1-3H3,(H,24,30)/t17-/m1/s1. The van der Waals surface area contributed by atoms with Crippen molar-refractivity contribution in [2.24, 2.45) is 0 Å². The van der Waals surface area contributed by atoms with E-state index in [2.05, 4.69) is 20.4 Å². The summed E-state index contributed by atoms with van der Waals surface area (Å²) in [5.41, 5.74) is 2.66. The van der Waals surface area contributed by atoms with Gasteiger partial charge < -0.3 is 19.7 Å². The van der Waals surface area contributed by atoms with Crippen LogP contribution in [0.1, 0.15) is 42.0 Å². The van der Waals surface area contributed by atoms with E-state index < -0.39 is 0 Å². The molecule has 1 N–H and O–H groups in total. The number of amides is 1. The van der Waals surface area contributed by atoms with Crippen molar-refractivity contribution in [2.45, 2.75) is 32.1 Å². The van der Waals surface area contributed by atoms with E-state index in [1.807, 2.05) is 37.3 Å². The second-order valence-corrected chi connectivity index (χ2v) is 8.12. The second-order valence-electron chi connectivity index (χ2n) is 8.12. The van der Waals surface area contributed by atoms with Gasteiger partial charge in [-0.25, -0.2) is 0 Å². The van der Waals surface area contributed by atoms with Gasteiger partial charge in [-0.15, -0.1) is 10.2 Å². The number of hydrogen-bond acceptors (Lipinski definition) is 7. The summed E-state index contributed by atoms with van der Waals surface area (Å²) in [6.07, 6.45) is 2.65. The number of carbonyl (C=O) groups excluding carboxylic acids is 1. The Hall–Kier alpha value is -3.62. The molecule has 1 amide bonds. The largest absolute Gasteiger partial charge is 0.497 e. The maximum Gasteiger partial charge on any atom is 0.226 e. The summed E-state index contributed by atoms with van der Waals surface area (Å²) in [5, 5.41) is 16.5. The van der Waals surface area contributed by atoms with Crippen molar-refractivity contribution < 1.29 is 14.3 Å². The van der Waals surface area contributed by atoms with E-state index in [1.54, 1.807) is 18.9 Å². The molecule has 166 valence electrons. The van der Waals surface area contributed by atoms with Gasteiger partial charge in [0, 0.05) is 36.6 Å². The number of rotatable bonds is 5. The molecule has 1 fully saturated rings. The van der Waals surface area contributed by atoms with E-state index in [1.165, 1.54) is 12.8 Å². The maximum absolute atomic E-state index is 12.7. The first-order valence-corrected chi connectivity index (χ1v) is 10.8. The molecule has 0 radical (unpaired) electrons. The molecule has 9 heteroatoms. The second kappa shape index (κ2) is 8.14. The van der Waals surface area contributed by atoms with Gasteiger partial charge >= 0.3 is 0 Å². The molecule has 0 aliphatic carbocycles. The minimum atomic E-state index is -0.214. The van der Waals surface area contributed by atoms with E-state index in [0.717, 1.165) is 35.7 Å². The fourth-order valence-electron chi connectivity index (χ4n) is 4.64. The number of nitrogens with one attached hydrogen (secondary N) is 1. The smallest absolute Gasteiger partial charge is 0.226 e. The number of nitrogens with zero attached hydrogens (tertiary/aromatic N) is 5. The maximum atomic E-state index is 12.7. The Bertz CT molecular complexity index is 1150. The molecule has 1 atom stereocenters. The van der Waals surface area contributed by atoms with E-state index >= 15 is 0 Å². The Morgan fingerprint density at radius 1 is 1.03 bits per heavy atom.